The lowest BCUT2D eigenvalue weighted by Gasteiger charge is -2.32. The molecular formula is C25H38N4O2S. The predicted octanol–water partition coefficient (Wildman–Crippen LogP) is 4.68. The Balaban J connectivity index is 1.25. The van der Waals surface area contributed by atoms with E-state index >= 15 is 0 Å². The SMILES string of the molecule is CCOc1ccc2nc(N3CCCC(C(=O)NCCCN(C)C4CCCCC4)C3)sc2c1. The fourth-order valence-electron chi connectivity index (χ4n) is 5.04. The van der Waals surface area contributed by atoms with E-state index in [9.17, 15) is 4.79 Å². The zero-order chi connectivity index (χ0) is 22.3. The van der Waals surface area contributed by atoms with Gasteiger partial charge >= 0.3 is 0 Å². The molecule has 1 aromatic carbocycles. The highest BCUT2D eigenvalue weighted by Crippen LogP contribution is 2.33. The lowest BCUT2D eigenvalue weighted by molar-refractivity contribution is -0.125. The van der Waals surface area contributed by atoms with Gasteiger partial charge in [-0.05, 0) is 70.8 Å². The van der Waals surface area contributed by atoms with Gasteiger partial charge in [0, 0.05) is 25.7 Å². The van der Waals surface area contributed by atoms with Gasteiger partial charge in [-0.1, -0.05) is 30.6 Å². The van der Waals surface area contributed by atoms with Crippen molar-refractivity contribution >= 4 is 32.6 Å². The van der Waals surface area contributed by atoms with Gasteiger partial charge in [0.2, 0.25) is 5.91 Å². The number of hydrogen-bond acceptors (Lipinski definition) is 6. The number of carbonyl (C=O) groups excluding carboxylic acids is 1. The number of piperidine rings is 1. The molecule has 1 unspecified atom stereocenters. The normalized spacial score (nSPS) is 20.1. The molecule has 176 valence electrons. The predicted molar refractivity (Wildman–Crippen MR) is 133 cm³/mol. The van der Waals surface area contributed by atoms with E-state index in [0.29, 0.717) is 6.61 Å². The maximum Gasteiger partial charge on any atom is 0.224 e. The molecule has 1 aliphatic carbocycles. The van der Waals surface area contributed by atoms with Crippen molar-refractivity contribution in [3.8, 4) is 5.75 Å². The molecule has 1 aromatic heterocycles. The van der Waals surface area contributed by atoms with Gasteiger partial charge in [-0.2, -0.15) is 0 Å². The number of ether oxygens (including phenoxy) is 1. The topological polar surface area (TPSA) is 57.7 Å². The lowest BCUT2D eigenvalue weighted by atomic mass is 9.94. The summed E-state index contributed by atoms with van der Waals surface area (Å²) in [5.41, 5.74) is 1.00. The third-order valence-electron chi connectivity index (χ3n) is 6.91. The number of aromatic nitrogens is 1. The average molecular weight is 459 g/mol. The molecule has 6 nitrogen and oxygen atoms in total. The quantitative estimate of drug-likeness (QED) is 0.553. The van der Waals surface area contributed by atoms with Crippen LogP contribution in [0.5, 0.6) is 5.75 Å². The Morgan fingerprint density at radius 1 is 1.25 bits per heavy atom. The number of nitrogens with one attached hydrogen (secondary N) is 1. The second kappa shape index (κ2) is 11.3. The smallest absolute Gasteiger partial charge is 0.224 e. The zero-order valence-corrected chi connectivity index (χ0v) is 20.5. The van der Waals surface area contributed by atoms with Crippen LogP contribution in [-0.2, 0) is 4.79 Å². The molecule has 0 bridgehead atoms. The van der Waals surface area contributed by atoms with Gasteiger partial charge in [-0.25, -0.2) is 4.98 Å². The van der Waals surface area contributed by atoms with Crippen molar-refractivity contribution < 1.29 is 9.53 Å². The van der Waals surface area contributed by atoms with Gasteiger partial charge in [0.25, 0.3) is 0 Å². The minimum Gasteiger partial charge on any atom is -0.494 e. The van der Waals surface area contributed by atoms with E-state index in [2.05, 4.69) is 28.2 Å². The molecule has 2 fully saturated rings. The molecule has 0 radical (unpaired) electrons. The van der Waals surface area contributed by atoms with E-state index in [4.69, 9.17) is 9.72 Å². The number of thiazole rings is 1. The van der Waals surface area contributed by atoms with E-state index in [1.54, 1.807) is 11.3 Å². The third-order valence-corrected chi connectivity index (χ3v) is 7.99. The van der Waals surface area contributed by atoms with Crippen molar-refractivity contribution in [3.05, 3.63) is 18.2 Å². The molecule has 0 spiro atoms. The fourth-order valence-corrected chi connectivity index (χ4v) is 6.07. The molecule has 1 saturated carbocycles. The van der Waals surface area contributed by atoms with Gasteiger partial charge in [-0.15, -0.1) is 0 Å². The fraction of sp³-hybridized carbons (Fsp3) is 0.680. The first-order valence-electron chi connectivity index (χ1n) is 12.4. The van der Waals surface area contributed by atoms with Crippen LogP contribution in [0.25, 0.3) is 10.2 Å². The third kappa shape index (κ3) is 5.93. The first-order valence-corrected chi connectivity index (χ1v) is 13.2. The molecule has 1 saturated heterocycles. The summed E-state index contributed by atoms with van der Waals surface area (Å²) in [6.45, 7) is 6.22. The monoisotopic (exact) mass is 458 g/mol. The van der Waals surface area contributed by atoms with Crippen molar-refractivity contribution in [2.45, 2.75) is 64.3 Å². The first kappa shape index (κ1) is 23.3. The van der Waals surface area contributed by atoms with Crippen LogP contribution in [-0.4, -0.2) is 61.7 Å². The summed E-state index contributed by atoms with van der Waals surface area (Å²) in [5.74, 6) is 1.14. The second-order valence-corrected chi connectivity index (χ2v) is 10.3. The van der Waals surface area contributed by atoms with E-state index < -0.39 is 0 Å². The number of fused-ring (bicyclic) bond motifs is 1. The first-order chi connectivity index (χ1) is 15.6. The minimum absolute atomic E-state index is 0.0471. The molecule has 2 aromatic rings. The minimum atomic E-state index is 0.0471. The summed E-state index contributed by atoms with van der Waals surface area (Å²) in [6, 6.07) is 6.81. The van der Waals surface area contributed by atoms with Crippen molar-refractivity contribution in [1.82, 2.24) is 15.2 Å². The summed E-state index contributed by atoms with van der Waals surface area (Å²) >= 11 is 1.69. The van der Waals surface area contributed by atoms with Crippen LogP contribution in [0.4, 0.5) is 5.13 Å². The number of benzene rings is 1. The van der Waals surface area contributed by atoms with Crippen molar-refractivity contribution in [3.63, 3.8) is 0 Å². The summed E-state index contributed by atoms with van der Waals surface area (Å²) in [4.78, 5) is 22.4. The Bertz CT molecular complexity index is 880. The molecule has 1 amide bonds. The largest absolute Gasteiger partial charge is 0.494 e. The van der Waals surface area contributed by atoms with Gasteiger partial charge < -0.3 is 19.9 Å². The number of nitrogens with zero attached hydrogens (tertiary/aromatic N) is 3. The number of amides is 1. The number of carbonyl (C=O) groups is 1. The molecule has 32 heavy (non-hydrogen) atoms. The van der Waals surface area contributed by atoms with Gasteiger partial charge in [0.1, 0.15) is 5.75 Å². The van der Waals surface area contributed by atoms with Crippen LogP contribution >= 0.6 is 11.3 Å². The molecule has 1 N–H and O–H groups in total. The van der Waals surface area contributed by atoms with E-state index in [1.807, 2.05) is 19.1 Å². The summed E-state index contributed by atoms with van der Waals surface area (Å²) in [6.07, 6.45) is 9.81. The summed E-state index contributed by atoms with van der Waals surface area (Å²) < 4.78 is 6.76. The van der Waals surface area contributed by atoms with Crippen LogP contribution < -0.4 is 15.0 Å². The Kier molecular flexibility index (Phi) is 8.25. The zero-order valence-electron chi connectivity index (χ0n) is 19.6. The maximum atomic E-state index is 12.8. The van der Waals surface area contributed by atoms with Gasteiger partial charge in [-0.3, -0.25) is 4.79 Å². The van der Waals surface area contributed by atoms with E-state index in [1.165, 1.54) is 32.1 Å². The Morgan fingerprint density at radius 3 is 2.91 bits per heavy atom. The highest BCUT2D eigenvalue weighted by Gasteiger charge is 2.27. The molecule has 2 heterocycles. The molecular weight excluding hydrogens is 420 g/mol. The molecule has 2 aliphatic rings. The van der Waals surface area contributed by atoms with E-state index in [-0.39, 0.29) is 11.8 Å². The highest BCUT2D eigenvalue weighted by atomic mass is 32.1. The Hall–Kier alpha value is -1.86. The van der Waals surface area contributed by atoms with Gasteiger partial charge in [0.05, 0.1) is 22.7 Å². The summed E-state index contributed by atoms with van der Waals surface area (Å²) in [5, 5.41) is 4.22. The molecule has 1 aliphatic heterocycles. The number of hydrogen-bond donors (Lipinski definition) is 1. The van der Waals surface area contributed by atoms with Crippen molar-refractivity contribution in [1.29, 1.82) is 0 Å². The molecule has 1 atom stereocenters. The van der Waals surface area contributed by atoms with E-state index in [0.717, 1.165) is 72.6 Å². The van der Waals surface area contributed by atoms with Crippen LogP contribution in [0.15, 0.2) is 18.2 Å². The lowest BCUT2D eigenvalue weighted by Crippen LogP contribution is -2.43. The van der Waals surface area contributed by atoms with Crippen molar-refractivity contribution in [2.24, 2.45) is 5.92 Å². The van der Waals surface area contributed by atoms with Crippen LogP contribution in [0.3, 0.4) is 0 Å². The maximum absolute atomic E-state index is 12.8. The Labute approximate surface area is 196 Å². The summed E-state index contributed by atoms with van der Waals surface area (Å²) in [7, 11) is 2.24. The standard InChI is InChI=1S/C25H38N4O2S/c1-3-31-21-12-13-22-23(17-21)32-25(27-22)29-16-7-9-19(18-29)24(30)26-14-8-15-28(2)20-10-5-4-6-11-20/h12-13,17,19-20H,3-11,14-16,18H2,1-2H3,(H,26,30). The van der Waals surface area contributed by atoms with Crippen LogP contribution in [0, 0.1) is 5.92 Å². The highest BCUT2D eigenvalue weighted by molar-refractivity contribution is 7.22. The average Bonchev–Trinajstić information content (AvgIpc) is 3.26. The number of rotatable bonds is 9. The van der Waals surface area contributed by atoms with Crippen LogP contribution in [0.2, 0.25) is 0 Å². The molecule has 4 rings (SSSR count). The number of anilines is 1. The van der Waals surface area contributed by atoms with Gasteiger partial charge in [0.15, 0.2) is 5.13 Å². The Morgan fingerprint density at radius 2 is 2.09 bits per heavy atom. The van der Waals surface area contributed by atoms with Crippen LogP contribution in [0.1, 0.15) is 58.3 Å². The molecule has 7 heteroatoms. The second-order valence-electron chi connectivity index (χ2n) is 9.26. The van der Waals surface area contributed by atoms with Crippen molar-refractivity contribution in [2.75, 3.05) is 44.7 Å².